The highest BCUT2D eigenvalue weighted by Gasteiger charge is 2.29. The minimum atomic E-state index is -1.05. The molecule has 1 aliphatic rings. The molecule has 10 heteroatoms. The van der Waals surface area contributed by atoms with Crippen LogP contribution in [0, 0.1) is 11.6 Å². The Bertz CT molecular complexity index is 1580. The van der Waals surface area contributed by atoms with Crippen LogP contribution in [0.2, 0.25) is 5.02 Å². The van der Waals surface area contributed by atoms with E-state index in [0.717, 1.165) is 6.07 Å². The van der Waals surface area contributed by atoms with Crippen molar-refractivity contribution < 1.29 is 18.7 Å². The number of H-pyrrole nitrogens is 1. The van der Waals surface area contributed by atoms with Gasteiger partial charge in [-0.3, -0.25) is 14.4 Å². The molecular formula is C26H21ClF2N4O3. The summed E-state index contributed by atoms with van der Waals surface area (Å²) in [5.74, 6) is -1.79. The first-order valence-electron chi connectivity index (χ1n) is 11.3. The van der Waals surface area contributed by atoms with Gasteiger partial charge in [-0.25, -0.2) is 13.6 Å². The summed E-state index contributed by atoms with van der Waals surface area (Å²) in [7, 11) is 0. The third kappa shape index (κ3) is 4.43. The smallest absolute Gasteiger partial charge is 0.326 e. The molecule has 0 saturated heterocycles. The molecular weight excluding hydrogens is 490 g/mol. The molecule has 3 N–H and O–H groups in total. The number of halogens is 3. The molecule has 0 spiro atoms. The van der Waals surface area contributed by atoms with E-state index in [1.165, 1.54) is 16.7 Å². The average Bonchev–Trinajstić information content (AvgIpc) is 3.09. The van der Waals surface area contributed by atoms with Crippen LogP contribution in [0.15, 0.2) is 64.4 Å². The molecule has 3 aromatic carbocycles. The highest BCUT2D eigenvalue weighted by molar-refractivity contribution is 6.32. The van der Waals surface area contributed by atoms with Crippen molar-refractivity contribution in [2.24, 2.45) is 4.99 Å². The number of anilines is 1. The van der Waals surface area contributed by atoms with E-state index in [-0.39, 0.29) is 47.2 Å². The van der Waals surface area contributed by atoms with E-state index < -0.39 is 23.6 Å². The van der Waals surface area contributed by atoms with Crippen LogP contribution in [0.3, 0.4) is 0 Å². The van der Waals surface area contributed by atoms with Crippen LogP contribution < -0.4 is 11.0 Å². The standard InChI is InChI=1S/C26H21ClF2N4O3/c27-16-12-17-23(15-6-7-20-22(11-15)33(8-3-9-34)26(36)31-20)30-21(10-14-4-1-2-5-18(14)28)25(35)32-24(17)19(29)13-16/h1-2,4-7,11-13,21,34H,3,8-10H2,(H,31,36)(H,32,35). The van der Waals surface area contributed by atoms with Gasteiger partial charge in [0.25, 0.3) is 0 Å². The number of hydrogen-bond acceptors (Lipinski definition) is 4. The summed E-state index contributed by atoms with van der Waals surface area (Å²) in [5.41, 5.74) is 2.07. The highest BCUT2D eigenvalue weighted by Crippen LogP contribution is 2.31. The summed E-state index contributed by atoms with van der Waals surface area (Å²) in [5, 5.41) is 11.9. The number of carbonyl (C=O) groups excluding carboxylic acids is 1. The summed E-state index contributed by atoms with van der Waals surface area (Å²) >= 11 is 6.16. The number of nitrogens with zero attached hydrogens (tertiary/aromatic N) is 2. The van der Waals surface area contributed by atoms with Crippen LogP contribution in [0.5, 0.6) is 0 Å². The van der Waals surface area contributed by atoms with Gasteiger partial charge in [0.2, 0.25) is 5.91 Å². The Balaban J connectivity index is 1.69. The maximum absolute atomic E-state index is 15.0. The number of aliphatic hydroxyl groups is 1. The monoisotopic (exact) mass is 510 g/mol. The third-order valence-electron chi connectivity index (χ3n) is 6.11. The van der Waals surface area contributed by atoms with Crippen LogP contribution in [-0.4, -0.2) is 38.9 Å². The van der Waals surface area contributed by atoms with Gasteiger partial charge in [0, 0.05) is 35.7 Å². The molecule has 0 saturated carbocycles. The lowest BCUT2D eigenvalue weighted by Crippen LogP contribution is -2.28. The molecule has 0 fully saturated rings. The molecule has 1 atom stereocenters. The van der Waals surface area contributed by atoms with E-state index in [4.69, 9.17) is 11.6 Å². The fourth-order valence-corrected chi connectivity index (χ4v) is 4.57. The number of hydrogen-bond donors (Lipinski definition) is 3. The fraction of sp³-hybridized carbons (Fsp3) is 0.192. The van der Waals surface area contributed by atoms with E-state index in [0.29, 0.717) is 28.6 Å². The van der Waals surface area contributed by atoms with Crippen LogP contribution in [0.1, 0.15) is 23.1 Å². The number of aromatic amines is 1. The number of nitrogens with one attached hydrogen (secondary N) is 2. The Morgan fingerprint density at radius 1 is 1.06 bits per heavy atom. The van der Waals surface area contributed by atoms with Crippen molar-refractivity contribution in [1.82, 2.24) is 9.55 Å². The van der Waals surface area contributed by atoms with Crippen LogP contribution in [-0.2, 0) is 17.8 Å². The second-order valence-electron chi connectivity index (χ2n) is 8.48. The molecule has 1 unspecified atom stereocenters. The van der Waals surface area contributed by atoms with Crippen LogP contribution in [0.4, 0.5) is 14.5 Å². The van der Waals surface area contributed by atoms with E-state index >= 15 is 0 Å². The molecule has 184 valence electrons. The molecule has 5 rings (SSSR count). The van der Waals surface area contributed by atoms with E-state index in [1.54, 1.807) is 36.4 Å². The molecule has 7 nitrogen and oxygen atoms in total. The molecule has 36 heavy (non-hydrogen) atoms. The van der Waals surface area contributed by atoms with Crippen molar-refractivity contribution in [3.05, 3.63) is 98.4 Å². The van der Waals surface area contributed by atoms with Gasteiger partial charge in [-0.15, -0.1) is 0 Å². The Morgan fingerprint density at radius 2 is 1.86 bits per heavy atom. The quantitative estimate of drug-likeness (QED) is 0.365. The Kier molecular flexibility index (Phi) is 6.42. The fourth-order valence-electron chi connectivity index (χ4n) is 4.37. The number of imidazole rings is 1. The molecule has 1 aliphatic heterocycles. The predicted octanol–water partition coefficient (Wildman–Crippen LogP) is 4.04. The average molecular weight is 511 g/mol. The molecule has 0 radical (unpaired) electrons. The number of aliphatic hydroxyl groups excluding tert-OH is 1. The largest absolute Gasteiger partial charge is 0.396 e. The zero-order chi connectivity index (χ0) is 25.4. The van der Waals surface area contributed by atoms with Crippen LogP contribution in [0.25, 0.3) is 11.0 Å². The molecule has 0 aliphatic carbocycles. The van der Waals surface area contributed by atoms with E-state index in [2.05, 4.69) is 15.3 Å². The lowest BCUT2D eigenvalue weighted by atomic mass is 9.99. The van der Waals surface area contributed by atoms with Gasteiger partial charge < -0.3 is 15.4 Å². The van der Waals surface area contributed by atoms with Gasteiger partial charge in [0.1, 0.15) is 17.7 Å². The summed E-state index contributed by atoms with van der Waals surface area (Å²) < 4.78 is 30.8. The normalized spacial score (nSPS) is 15.4. The number of fused-ring (bicyclic) bond motifs is 2. The first kappa shape index (κ1) is 23.9. The molecule has 4 aromatic rings. The minimum absolute atomic E-state index is 0.0427. The first-order valence-corrected chi connectivity index (χ1v) is 11.7. The van der Waals surface area contributed by atoms with Gasteiger partial charge in [-0.2, -0.15) is 0 Å². The number of carbonyl (C=O) groups is 1. The number of amides is 1. The van der Waals surface area contributed by atoms with Crippen molar-refractivity contribution >= 4 is 39.9 Å². The highest BCUT2D eigenvalue weighted by atomic mass is 35.5. The second-order valence-corrected chi connectivity index (χ2v) is 8.92. The lowest BCUT2D eigenvalue weighted by molar-refractivity contribution is -0.117. The van der Waals surface area contributed by atoms with E-state index in [9.17, 15) is 23.5 Å². The molecule has 1 amide bonds. The minimum Gasteiger partial charge on any atom is -0.396 e. The maximum atomic E-state index is 15.0. The van der Waals surface area contributed by atoms with Crippen molar-refractivity contribution in [2.45, 2.75) is 25.4 Å². The number of aliphatic imine (C=N–C) groups is 1. The van der Waals surface area contributed by atoms with Crippen molar-refractivity contribution in [1.29, 1.82) is 0 Å². The van der Waals surface area contributed by atoms with Gasteiger partial charge in [-0.1, -0.05) is 35.9 Å². The van der Waals surface area contributed by atoms with Gasteiger partial charge in [-0.05, 0) is 42.3 Å². The van der Waals surface area contributed by atoms with Gasteiger partial charge in [0.15, 0.2) is 0 Å². The lowest BCUT2D eigenvalue weighted by Gasteiger charge is -2.12. The first-order chi connectivity index (χ1) is 17.4. The van der Waals surface area contributed by atoms with E-state index in [1.807, 2.05) is 0 Å². The maximum Gasteiger partial charge on any atom is 0.326 e. The molecule has 0 bridgehead atoms. The third-order valence-corrected chi connectivity index (χ3v) is 6.32. The summed E-state index contributed by atoms with van der Waals surface area (Å²) in [4.78, 5) is 33.0. The molecule has 2 heterocycles. The number of benzodiazepines with no additional fused rings is 1. The van der Waals surface area contributed by atoms with Crippen LogP contribution >= 0.6 is 11.6 Å². The Morgan fingerprint density at radius 3 is 2.64 bits per heavy atom. The number of aryl methyl sites for hydroxylation is 1. The number of rotatable bonds is 6. The topological polar surface area (TPSA) is 99.5 Å². The van der Waals surface area contributed by atoms with Crippen molar-refractivity contribution in [2.75, 3.05) is 11.9 Å². The predicted molar refractivity (Wildman–Crippen MR) is 134 cm³/mol. The number of aromatic nitrogens is 2. The zero-order valence-corrected chi connectivity index (χ0v) is 19.6. The summed E-state index contributed by atoms with van der Waals surface area (Å²) in [6.45, 7) is 0.209. The summed E-state index contributed by atoms with van der Waals surface area (Å²) in [6.07, 6.45) is 0.337. The van der Waals surface area contributed by atoms with Crippen molar-refractivity contribution in [3.8, 4) is 0 Å². The molecule has 1 aromatic heterocycles. The Labute approximate surface area is 209 Å². The van der Waals surface area contributed by atoms with Crippen molar-refractivity contribution in [3.63, 3.8) is 0 Å². The second kappa shape index (κ2) is 9.67. The number of benzene rings is 3. The SMILES string of the molecule is O=C1Nc2c(F)cc(Cl)cc2C(c2ccc3[nH]c(=O)n(CCCO)c3c2)=NC1Cc1ccccc1F. The van der Waals surface area contributed by atoms with Gasteiger partial charge >= 0.3 is 5.69 Å². The Hall–Kier alpha value is -3.82. The summed E-state index contributed by atoms with van der Waals surface area (Å²) in [6, 6.07) is 12.7. The zero-order valence-electron chi connectivity index (χ0n) is 18.9. The van der Waals surface area contributed by atoms with Gasteiger partial charge in [0.05, 0.1) is 22.4 Å².